The zero-order valence-corrected chi connectivity index (χ0v) is 9.05. The molecule has 0 heterocycles. The van der Waals surface area contributed by atoms with Crippen molar-refractivity contribution in [1.82, 2.24) is 0 Å². The van der Waals surface area contributed by atoms with Gasteiger partial charge in [0.25, 0.3) is 0 Å². The zero-order valence-electron chi connectivity index (χ0n) is 8.29. The highest BCUT2D eigenvalue weighted by Crippen LogP contribution is 2.31. The maximum atomic E-state index is 12.4. The first-order valence-corrected chi connectivity index (χ1v) is 4.69. The second kappa shape index (κ2) is 5.48. The minimum Gasteiger partial charge on any atom is -0.166 e. The molecule has 0 N–H and O–H groups in total. The molecular weight excluding hydrogens is 255 g/mol. The fourth-order valence-electron chi connectivity index (χ4n) is 0.999. The van der Waals surface area contributed by atoms with Crippen molar-refractivity contribution in [3.05, 3.63) is 44.8 Å². The van der Waals surface area contributed by atoms with Gasteiger partial charge in [0.05, 0.1) is 17.1 Å². The van der Waals surface area contributed by atoms with Gasteiger partial charge in [-0.2, -0.15) is 13.2 Å². The van der Waals surface area contributed by atoms with Gasteiger partial charge in [0, 0.05) is 10.5 Å². The lowest BCUT2D eigenvalue weighted by molar-refractivity contribution is -0.137. The Morgan fingerprint density at radius 1 is 1.41 bits per heavy atom. The van der Waals surface area contributed by atoms with E-state index in [4.69, 9.17) is 17.1 Å². The summed E-state index contributed by atoms with van der Waals surface area (Å²) < 4.78 is 37.2. The minimum atomic E-state index is -4.44. The van der Waals surface area contributed by atoms with Gasteiger partial charge in [0.2, 0.25) is 0 Å². The van der Waals surface area contributed by atoms with Crippen LogP contribution < -0.4 is 0 Å². The van der Waals surface area contributed by atoms with Crippen LogP contribution in [-0.4, -0.2) is 6.54 Å². The Bertz CT molecular complexity index is 522. The maximum absolute atomic E-state index is 12.4. The molecule has 0 spiro atoms. The van der Waals surface area contributed by atoms with E-state index in [-0.39, 0.29) is 17.1 Å². The SMILES string of the molecule is [N-]=[N+]=NCC#Cc1cc(C(F)(F)F)ccc1Cl. The number of hydrogen-bond acceptors (Lipinski definition) is 1. The summed E-state index contributed by atoms with van der Waals surface area (Å²) in [5, 5.41) is 3.25. The molecule has 0 radical (unpaired) electrons. The van der Waals surface area contributed by atoms with E-state index < -0.39 is 11.7 Å². The van der Waals surface area contributed by atoms with Gasteiger partial charge in [0.1, 0.15) is 0 Å². The number of nitrogens with zero attached hydrogens (tertiary/aromatic N) is 3. The summed E-state index contributed by atoms with van der Waals surface area (Å²) in [4.78, 5) is 2.46. The van der Waals surface area contributed by atoms with Crippen molar-refractivity contribution in [2.24, 2.45) is 5.11 Å². The molecular formula is C10H5ClF3N3. The Balaban J connectivity index is 3.05. The summed E-state index contributed by atoms with van der Waals surface area (Å²) in [6, 6.07) is 2.86. The van der Waals surface area contributed by atoms with Crippen molar-refractivity contribution < 1.29 is 13.2 Å². The standard InChI is InChI=1S/C10H5ClF3N3/c11-9-4-3-8(10(12,13)14)6-7(9)2-1-5-16-17-15/h3-4,6H,5H2. The Morgan fingerprint density at radius 2 is 2.12 bits per heavy atom. The van der Waals surface area contributed by atoms with Crippen molar-refractivity contribution in [2.75, 3.05) is 6.54 Å². The lowest BCUT2D eigenvalue weighted by atomic mass is 10.1. The molecule has 0 fully saturated rings. The second-order valence-corrected chi connectivity index (χ2v) is 3.29. The van der Waals surface area contributed by atoms with Crippen LogP contribution in [0.1, 0.15) is 11.1 Å². The average Bonchev–Trinajstić information content (AvgIpc) is 2.25. The number of hydrogen-bond donors (Lipinski definition) is 0. The van der Waals surface area contributed by atoms with Gasteiger partial charge in [-0.25, -0.2) is 0 Å². The molecule has 88 valence electrons. The summed E-state index contributed by atoms with van der Waals surface area (Å²) in [5.41, 5.74) is 7.21. The maximum Gasteiger partial charge on any atom is 0.416 e. The Morgan fingerprint density at radius 3 is 2.71 bits per heavy atom. The first-order valence-electron chi connectivity index (χ1n) is 4.31. The lowest BCUT2D eigenvalue weighted by Crippen LogP contribution is -2.04. The molecule has 1 aromatic carbocycles. The molecule has 3 nitrogen and oxygen atoms in total. The molecule has 0 saturated carbocycles. The number of alkyl halides is 3. The molecule has 0 saturated heterocycles. The van der Waals surface area contributed by atoms with Crippen LogP contribution in [0.25, 0.3) is 10.4 Å². The largest absolute Gasteiger partial charge is 0.416 e. The van der Waals surface area contributed by atoms with Crippen LogP contribution in [0.5, 0.6) is 0 Å². The predicted molar refractivity (Wildman–Crippen MR) is 57.3 cm³/mol. The molecule has 1 aromatic rings. The average molecular weight is 260 g/mol. The smallest absolute Gasteiger partial charge is 0.166 e. The Hall–Kier alpha value is -1.83. The van der Waals surface area contributed by atoms with Crippen LogP contribution in [0.15, 0.2) is 23.3 Å². The summed E-state index contributed by atoms with van der Waals surface area (Å²) >= 11 is 5.69. The molecule has 0 atom stereocenters. The topological polar surface area (TPSA) is 48.8 Å². The van der Waals surface area contributed by atoms with Crippen molar-refractivity contribution in [2.45, 2.75) is 6.18 Å². The van der Waals surface area contributed by atoms with Gasteiger partial charge in [-0.15, -0.1) is 0 Å². The number of rotatable bonds is 1. The quantitative estimate of drug-likeness (QED) is 0.317. The molecule has 0 aliphatic heterocycles. The van der Waals surface area contributed by atoms with E-state index in [9.17, 15) is 13.2 Å². The molecule has 7 heteroatoms. The van der Waals surface area contributed by atoms with Crippen LogP contribution in [0.3, 0.4) is 0 Å². The fourth-order valence-corrected chi connectivity index (χ4v) is 1.16. The van der Waals surface area contributed by atoms with Crippen LogP contribution in [-0.2, 0) is 6.18 Å². The van der Waals surface area contributed by atoms with Gasteiger partial charge in [-0.3, -0.25) is 0 Å². The van der Waals surface area contributed by atoms with Gasteiger partial charge < -0.3 is 0 Å². The summed E-state index contributed by atoms with van der Waals surface area (Å²) in [5.74, 6) is 4.81. The molecule has 0 unspecified atom stereocenters. The predicted octanol–water partition coefficient (Wildman–Crippen LogP) is 4.02. The monoisotopic (exact) mass is 259 g/mol. The molecule has 17 heavy (non-hydrogen) atoms. The number of benzene rings is 1. The van der Waals surface area contributed by atoms with E-state index in [1.165, 1.54) is 0 Å². The van der Waals surface area contributed by atoms with E-state index in [0.29, 0.717) is 0 Å². The second-order valence-electron chi connectivity index (χ2n) is 2.88. The van der Waals surface area contributed by atoms with Gasteiger partial charge in [-0.05, 0) is 23.7 Å². The molecule has 0 aromatic heterocycles. The van der Waals surface area contributed by atoms with Crippen LogP contribution in [0.2, 0.25) is 5.02 Å². The van der Waals surface area contributed by atoms with E-state index >= 15 is 0 Å². The summed E-state index contributed by atoms with van der Waals surface area (Å²) in [6.45, 7) is -0.122. The third-order valence-corrected chi connectivity index (χ3v) is 2.06. The summed E-state index contributed by atoms with van der Waals surface area (Å²) in [6.07, 6.45) is -4.44. The highest BCUT2D eigenvalue weighted by Gasteiger charge is 2.30. The van der Waals surface area contributed by atoms with Crippen molar-refractivity contribution in [3.8, 4) is 11.8 Å². The lowest BCUT2D eigenvalue weighted by Gasteiger charge is -2.07. The van der Waals surface area contributed by atoms with E-state index in [2.05, 4.69) is 21.9 Å². The van der Waals surface area contributed by atoms with Gasteiger partial charge >= 0.3 is 6.18 Å². The van der Waals surface area contributed by atoms with Crippen LogP contribution in [0, 0.1) is 11.8 Å². The third-order valence-electron chi connectivity index (χ3n) is 1.73. The molecule has 0 aliphatic carbocycles. The van der Waals surface area contributed by atoms with E-state index in [1.807, 2.05) is 0 Å². The Labute approximate surface area is 99.8 Å². The van der Waals surface area contributed by atoms with Crippen molar-refractivity contribution in [1.29, 1.82) is 0 Å². The first kappa shape index (κ1) is 13.2. The summed E-state index contributed by atoms with van der Waals surface area (Å²) in [7, 11) is 0. The molecule has 0 amide bonds. The zero-order chi connectivity index (χ0) is 12.9. The van der Waals surface area contributed by atoms with E-state index in [0.717, 1.165) is 18.2 Å². The molecule has 0 aliphatic rings. The van der Waals surface area contributed by atoms with Crippen LogP contribution in [0.4, 0.5) is 13.2 Å². The van der Waals surface area contributed by atoms with Crippen molar-refractivity contribution in [3.63, 3.8) is 0 Å². The Kier molecular flexibility index (Phi) is 4.27. The van der Waals surface area contributed by atoms with Crippen LogP contribution >= 0.6 is 11.6 Å². The first-order chi connectivity index (χ1) is 7.95. The third kappa shape index (κ3) is 3.91. The highest BCUT2D eigenvalue weighted by atomic mass is 35.5. The van der Waals surface area contributed by atoms with Crippen molar-refractivity contribution >= 4 is 11.6 Å². The minimum absolute atomic E-state index is 0.0506. The number of halogens is 4. The van der Waals surface area contributed by atoms with Gasteiger partial charge in [0.15, 0.2) is 0 Å². The van der Waals surface area contributed by atoms with Gasteiger partial charge in [-0.1, -0.05) is 28.6 Å². The normalized spacial score (nSPS) is 10.1. The molecule has 0 bridgehead atoms. The molecule has 1 rings (SSSR count). The number of azide groups is 1. The highest BCUT2D eigenvalue weighted by molar-refractivity contribution is 6.31. The van der Waals surface area contributed by atoms with E-state index in [1.54, 1.807) is 0 Å². The fraction of sp³-hybridized carbons (Fsp3) is 0.200.